The van der Waals surface area contributed by atoms with Crippen LogP contribution in [0.15, 0.2) is 36.7 Å². The summed E-state index contributed by atoms with van der Waals surface area (Å²) in [5.74, 6) is 0.286. The summed E-state index contributed by atoms with van der Waals surface area (Å²) in [7, 11) is 0. The molecule has 3 aromatic rings. The van der Waals surface area contributed by atoms with Crippen LogP contribution in [-0.2, 0) is 13.1 Å². The fourth-order valence-electron chi connectivity index (χ4n) is 4.87. The number of hydrogen-bond donors (Lipinski definition) is 0. The van der Waals surface area contributed by atoms with E-state index in [1.54, 1.807) is 28.4 Å². The lowest BCUT2D eigenvalue weighted by molar-refractivity contribution is 0.0557. The summed E-state index contributed by atoms with van der Waals surface area (Å²) in [5, 5.41) is 4.65. The molecule has 1 fully saturated rings. The lowest BCUT2D eigenvalue weighted by Crippen LogP contribution is -2.37. The van der Waals surface area contributed by atoms with Gasteiger partial charge < -0.3 is 0 Å². The molecule has 7 nitrogen and oxygen atoms in total. The standard InChI is InChI=1S/C23H23N5O2S/c29-22-17-7-5-15-11-18(17)23(30)28(22)19(15)13-27-14-24-21(25-27)20-8-6-16(31-20)12-26-9-3-1-2-4-10-26/h5-8,11,14,19H,1-4,9-10,12-13H2. The van der Waals surface area contributed by atoms with Gasteiger partial charge in [-0.25, -0.2) is 9.67 Å². The Hall–Kier alpha value is -2.84. The molecule has 0 aliphatic carbocycles. The summed E-state index contributed by atoms with van der Waals surface area (Å²) in [6.07, 6.45) is 6.95. The largest absolute Gasteiger partial charge is 0.298 e. The van der Waals surface area contributed by atoms with Gasteiger partial charge in [0.1, 0.15) is 6.33 Å². The molecule has 0 radical (unpaired) electrons. The van der Waals surface area contributed by atoms with Crippen molar-refractivity contribution in [3.63, 3.8) is 0 Å². The second-order valence-electron chi connectivity index (χ2n) is 8.55. The van der Waals surface area contributed by atoms with Crippen LogP contribution >= 0.6 is 11.3 Å². The van der Waals surface area contributed by atoms with Crippen molar-refractivity contribution in [1.82, 2.24) is 24.6 Å². The van der Waals surface area contributed by atoms with Crippen molar-refractivity contribution >= 4 is 23.2 Å². The van der Waals surface area contributed by atoms with Crippen molar-refractivity contribution in [1.29, 1.82) is 0 Å². The smallest absolute Gasteiger partial charge is 0.262 e. The third kappa shape index (κ3) is 3.21. The van der Waals surface area contributed by atoms with Crippen LogP contribution < -0.4 is 0 Å². The zero-order valence-corrected chi connectivity index (χ0v) is 18.0. The lowest BCUT2D eigenvalue weighted by Gasteiger charge is -2.27. The minimum Gasteiger partial charge on any atom is -0.298 e. The Morgan fingerprint density at radius 3 is 2.61 bits per heavy atom. The quantitative estimate of drug-likeness (QED) is 0.574. The highest BCUT2D eigenvalue weighted by atomic mass is 32.1. The number of hydrogen-bond acceptors (Lipinski definition) is 6. The molecule has 31 heavy (non-hydrogen) atoms. The predicted molar refractivity (Wildman–Crippen MR) is 117 cm³/mol. The summed E-state index contributed by atoms with van der Waals surface area (Å²) in [4.78, 5) is 35.9. The van der Waals surface area contributed by atoms with Crippen LogP contribution in [-0.4, -0.2) is 49.5 Å². The molecule has 2 amide bonds. The van der Waals surface area contributed by atoms with Crippen molar-refractivity contribution in [2.24, 2.45) is 0 Å². The molecule has 1 unspecified atom stereocenters. The van der Waals surface area contributed by atoms with Crippen LogP contribution in [0, 0.1) is 0 Å². The Labute approximate surface area is 184 Å². The van der Waals surface area contributed by atoms with E-state index in [2.05, 4.69) is 27.1 Å². The van der Waals surface area contributed by atoms with E-state index in [1.165, 1.54) is 48.5 Å². The molecule has 2 aromatic heterocycles. The van der Waals surface area contributed by atoms with Gasteiger partial charge in [0.05, 0.1) is 28.6 Å². The fraction of sp³-hybridized carbons (Fsp3) is 0.391. The number of carbonyl (C=O) groups is 2. The summed E-state index contributed by atoms with van der Waals surface area (Å²) in [6, 6.07) is 9.47. The van der Waals surface area contributed by atoms with Gasteiger partial charge in [0.25, 0.3) is 11.8 Å². The number of likely N-dealkylation sites (tertiary alicyclic amines) is 1. The van der Waals surface area contributed by atoms with Gasteiger partial charge in [-0.2, -0.15) is 0 Å². The summed E-state index contributed by atoms with van der Waals surface area (Å²) >= 11 is 1.74. The van der Waals surface area contributed by atoms with Gasteiger partial charge in [0, 0.05) is 11.4 Å². The van der Waals surface area contributed by atoms with E-state index in [0.29, 0.717) is 23.5 Å². The van der Waals surface area contributed by atoms with Crippen molar-refractivity contribution in [3.05, 3.63) is 58.2 Å². The molecule has 0 saturated carbocycles. The van der Waals surface area contributed by atoms with Gasteiger partial charge in [0.15, 0.2) is 5.82 Å². The molecule has 0 spiro atoms. The number of fused-ring (bicyclic) bond motifs is 2. The molecule has 8 heteroatoms. The second kappa shape index (κ2) is 7.39. The number of nitrogens with zero attached hydrogens (tertiary/aromatic N) is 5. The first-order valence-corrected chi connectivity index (χ1v) is 11.7. The predicted octanol–water partition coefficient (Wildman–Crippen LogP) is 3.73. The molecule has 158 valence electrons. The maximum atomic E-state index is 12.6. The number of benzene rings is 1. The number of rotatable bonds is 5. The first-order chi connectivity index (χ1) is 15.2. The van der Waals surface area contributed by atoms with Gasteiger partial charge in [0.2, 0.25) is 0 Å². The maximum absolute atomic E-state index is 12.6. The number of amides is 2. The van der Waals surface area contributed by atoms with Gasteiger partial charge in [-0.3, -0.25) is 19.4 Å². The molecule has 3 bridgehead atoms. The van der Waals surface area contributed by atoms with Crippen molar-refractivity contribution in [2.45, 2.75) is 44.8 Å². The number of aromatic nitrogens is 3. The Kier molecular flexibility index (Phi) is 4.50. The minimum absolute atomic E-state index is 0.199. The SMILES string of the molecule is O=C1c2ccc3cc2C(=O)N1C3Cn1cnc(-c2ccc(CN3CCCCCC3)s2)n1. The van der Waals surface area contributed by atoms with E-state index in [9.17, 15) is 9.59 Å². The average Bonchev–Trinajstić information content (AvgIpc) is 3.37. The first kappa shape index (κ1) is 18.9. The van der Waals surface area contributed by atoms with E-state index in [4.69, 9.17) is 0 Å². The zero-order chi connectivity index (χ0) is 20.9. The molecule has 1 aromatic carbocycles. The van der Waals surface area contributed by atoms with E-state index >= 15 is 0 Å². The average molecular weight is 434 g/mol. The molecule has 6 rings (SSSR count). The van der Waals surface area contributed by atoms with Crippen molar-refractivity contribution in [2.75, 3.05) is 13.1 Å². The lowest BCUT2D eigenvalue weighted by atomic mass is 9.99. The molecule has 0 N–H and O–H groups in total. The second-order valence-corrected chi connectivity index (χ2v) is 9.72. The van der Waals surface area contributed by atoms with E-state index < -0.39 is 0 Å². The minimum atomic E-state index is -0.337. The Bertz CT molecular complexity index is 1170. The molecular formula is C23H23N5O2S. The first-order valence-electron chi connectivity index (χ1n) is 10.9. The highest BCUT2D eigenvalue weighted by molar-refractivity contribution is 7.15. The normalized spacial score (nSPS) is 20.6. The highest BCUT2D eigenvalue weighted by Gasteiger charge is 2.45. The van der Waals surface area contributed by atoms with E-state index in [-0.39, 0.29) is 17.9 Å². The van der Waals surface area contributed by atoms with E-state index in [0.717, 1.165) is 17.0 Å². The molecule has 1 saturated heterocycles. The highest BCUT2D eigenvalue weighted by Crippen LogP contribution is 2.39. The van der Waals surface area contributed by atoms with Gasteiger partial charge in [-0.1, -0.05) is 18.9 Å². The molecule has 3 aliphatic rings. The maximum Gasteiger partial charge on any atom is 0.262 e. The number of imide groups is 1. The van der Waals surface area contributed by atoms with Crippen LogP contribution in [0.5, 0.6) is 0 Å². The van der Waals surface area contributed by atoms with Gasteiger partial charge in [-0.15, -0.1) is 16.4 Å². The van der Waals surface area contributed by atoms with Crippen LogP contribution in [0.2, 0.25) is 0 Å². The third-order valence-corrected chi connectivity index (χ3v) is 7.56. The number of thiophene rings is 1. The monoisotopic (exact) mass is 433 g/mol. The van der Waals surface area contributed by atoms with Crippen LogP contribution in [0.4, 0.5) is 0 Å². The topological polar surface area (TPSA) is 71.3 Å². The Balaban J connectivity index is 1.18. The van der Waals surface area contributed by atoms with Crippen LogP contribution in [0.1, 0.15) is 62.9 Å². The van der Waals surface area contributed by atoms with Gasteiger partial charge in [-0.05, 0) is 55.8 Å². The molecular weight excluding hydrogens is 410 g/mol. The molecule has 3 aliphatic heterocycles. The summed E-state index contributed by atoms with van der Waals surface area (Å²) in [5.41, 5.74) is 2.00. The van der Waals surface area contributed by atoms with Crippen LogP contribution in [0.25, 0.3) is 10.7 Å². The van der Waals surface area contributed by atoms with Crippen molar-refractivity contribution in [3.8, 4) is 10.7 Å². The summed E-state index contributed by atoms with van der Waals surface area (Å²) < 4.78 is 1.74. The fourth-order valence-corrected chi connectivity index (χ4v) is 5.86. The molecule has 5 heterocycles. The Morgan fingerprint density at radius 1 is 0.968 bits per heavy atom. The van der Waals surface area contributed by atoms with Crippen LogP contribution in [0.3, 0.4) is 0 Å². The summed E-state index contributed by atoms with van der Waals surface area (Å²) in [6.45, 7) is 3.76. The van der Waals surface area contributed by atoms with Crippen molar-refractivity contribution < 1.29 is 9.59 Å². The van der Waals surface area contributed by atoms with Gasteiger partial charge >= 0.3 is 0 Å². The number of carbonyl (C=O) groups excluding carboxylic acids is 2. The molecule has 1 atom stereocenters. The van der Waals surface area contributed by atoms with E-state index in [1.807, 2.05) is 12.1 Å². The Morgan fingerprint density at radius 2 is 1.77 bits per heavy atom. The third-order valence-electron chi connectivity index (χ3n) is 6.50. The zero-order valence-electron chi connectivity index (χ0n) is 17.2.